The standard InChI is InChI=1S/C16H25ClN2O4/c1-10(8-19-15(21)23-16(2,3)4)18-9-11-6-12(17)7-13(22-5)14(11)20/h6-7,10,18,20H,8-9H2,1-5H3,(H,19,21). The molecule has 0 saturated carbocycles. The molecule has 1 aromatic carbocycles. The van der Waals surface area contributed by atoms with Gasteiger partial charge >= 0.3 is 6.09 Å². The van der Waals surface area contributed by atoms with Crippen molar-refractivity contribution >= 4 is 17.7 Å². The third-order valence-electron chi connectivity index (χ3n) is 2.93. The molecule has 0 radical (unpaired) electrons. The average Bonchev–Trinajstić information content (AvgIpc) is 2.43. The molecule has 1 unspecified atom stereocenters. The van der Waals surface area contributed by atoms with Crippen molar-refractivity contribution in [3.05, 3.63) is 22.7 Å². The normalized spacial score (nSPS) is 12.6. The van der Waals surface area contributed by atoms with Crippen LogP contribution in [0.25, 0.3) is 0 Å². The highest BCUT2D eigenvalue weighted by atomic mass is 35.5. The van der Waals surface area contributed by atoms with Crippen LogP contribution in [0.4, 0.5) is 4.79 Å². The molecule has 0 aliphatic heterocycles. The molecule has 1 rings (SSSR count). The number of ether oxygens (including phenoxy) is 2. The first kappa shape index (κ1) is 19.4. The van der Waals surface area contributed by atoms with E-state index in [1.807, 2.05) is 27.7 Å². The lowest BCUT2D eigenvalue weighted by molar-refractivity contribution is 0.0523. The number of halogens is 1. The molecule has 0 aliphatic carbocycles. The highest BCUT2D eigenvalue weighted by Crippen LogP contribution is 2.33. The largest absolute Gasteiger partial charge is 0.504 e. The number of rotatable bonds is 6. The van der Waals surface area contributed by atoms with Crippen LogP contribution in [0.2, 0.25) is 5.02 Å². The highest BCUT2D eigenvalue weighted by molar-refractivity contribution is 6.30. The number of carbonyl (C=O) groups excluding carboxylic acids is 1. The second-order valence-corrected chi connectivity index (χ2v) is 6.72. The average molecular weight is 345 g/mol. The van der Waals surface area contributed by atoms with Crippen LogP contribution < -0.4 is 15.4 Å². The summed E-state index contributed by atoms with van der Waals surface area (Å²) in [6.45, 7) is 8.13. The fourth-order valence-electron chi connectivity index (χ4n) is 1.83. The van der Waals surface area contributed by atoms with Crippen molar-refractivity contribution in [3.8, 4) is 11.5 Å². The number of alkyl carbamates (subject to hydrolysis) is 1. The lowest BCUT2D eigenvalue weighted by Crippen LogP contribution is -2.41. The molecule has 1 aromatic rings. The third kappa shape index (κ3) is 6.97. The molecule has 3 N–H and O–H groups in total. The van der Waals surface area contributed by atoms with E-state index in [-0.39, 0.29) is 11.8 Å². The van der Waals surface area contributed by atoms with Crippen LogP contribution in [-0.4, -0.2) is 36.5 Å². The molecule has 1 atom stereocenters. The van der Waals surface area contributed by atoms with E-state index in [1.165, 1.54) is 7.11 Å². The Morgan fingerprint density at radius 3 is 2.61 bits per heavy atom. The summed E-state index contributed by atoms with van der Waals surface area (Å²) in [5, 5.41) is 16.4. The Morgan fingerprint density at radius 2 is 2.04 bits per heavy atom. The lowest BCUT2D eigenvalue weighted by atomic mass is 10.1. The summed E-state index contributed by atoms with van der Waals surface area (Å²) in [5.41, 5.74) is 0.0997. The highest BCUT2D eigenvalue weighted by Gasteiger charge is 2.16. The summed E-state index contributed by atoms with van der Waals surface area (Å²) in [4.78, 5) is 11.6. The first-order valence-electron chi connectivity index (χ1n) is 7.38. The summed E-state index contributed by atoms with van der Waals surface area (Å²) in [5.74, 6) is 0.380. The molecule has 0 aliphatic rings. The summed E-state index contributed by atoms with van der Waals surface area (Å²) in [7, 11) is 1.47. The monoisotopic (exact) mass is 344 g/mol. The van der Waals surface area contributed by atoms with Crippen molar-refractivity contribution < 1.29 is 19.4 Å². The van der Waals surface area contributed by atoms with Crippen molar-refractivity contribution in [2.24, 2.45) is 0 Å². The number of benzene rings is 1. The summed E-state index contributed by atoms with van der Waals surface area (Å²) in [6.07, 6.45) is -0.460. The Kier molecular flexibility index (Phi) is 6.97. The summed E-state index contributed by atoms with van der Waals surface area (Å²) >= 11 is 5.99. The van der Waals surface area contributed by atoms with Crippen molar-refractivity contribution in [1.82, 2.24) is 10.6 Å². The molecular formula is C16H25ClN2O4. The number of phenolic OH excluding ortho intramolecular Hbond substituents is 1. The van der Waals surface area contributed by atoms with Crippen LogP contribution in [-0.2, 0) is 11.3 Å². The number of methoxy groups -OCH3 is 1. The number of hydrogen-bond acceptors (Lipinski definition) is 5. The Morgan fingerprint density at radius 1 is 1.39 bits per heavy atom. The van der Waals surface area contributed by atoms with Gasteiger partial charge in [-0.05, 0) is 33.8 Å². The van der Waals surface area contributed by atoms with E-state index < -0.39 is 11.7 Å². The fraction of sp³-hybridized carbons (Fsp3) is 0.562. The number of carbonyl (C=O) groups is 1. The minimum atomic E-state index is -0.524. The van der Waals surface area contributed by atoms with E-state index in [9.17, 15) is 9.90 Å². The molecule has 130 valence electrons. The summed E-state index contributed by atoms with van der Waals surface area (Å²) in [6, 6.07) is 3.20. The second kappa shape index (κ2) is 8.26. The van der Waals surface area contributed by atoms with Crippen molar-refractivity contribution in [3.63, 3.8) is 0 Å². The smallest absolute Gasteiger partial charge is 0.407 e. The van der Waals surface area contributed by atoms with Crippen LogP contribution in [0.5, 0.6) is 11.5 Å². The van der Waals surface area contributed by atoms with E-state index in [1.54, 1.807) is 12.1 Å². The maximum atomic E-state index is 11.6. The SMILES string of the molecule is COc1cc(Cl)cc(CNC(C)CNC(=O)OC(C)(C)C)c1O. The molecule has 1 amide bonds. The van der Waals surface area contributed by atoms with Gasteiger partial charge in [0.1, 0.15) is 5.60 Å². The second-order valence-electron chi connectivity index (χ2n) is 6.28. The van der Waals surface area contributed by atoms with Crippen LogP contribution in [0, 0.1) is 0 Å². The minimum absolute atomic E-state index is 0.0214. The number of aromatic hydroxyl groups is 1. The fourth-order valence-corrected chi connectivity index (χ4v) is 2.06. The van der Waals surface area contributed by atoms with Gasteiger partial charge in [0.2, 0.25) is 0 Å². The molecular weight excluding hydrogens is 320 g/mol. The molecule has 0 spiro atoms. The van der Waals surface area contributed by atoms with E-state index >= 15 is 0 Å². The Hall–Kier alpha value is -1.66. The van der Waals surface area contributed by atoms with Crippen LogP contribution in [0.15, 0.2) is 12.1 Å². The van der Waals surface area contributed by atoms with Gasteiger partial charge in [0.15, 0.2) is 11.5 Å². The number of phenols is 1. The molecule has 7 heteroatoms. The Bertz CT molecular complexity index is 544. The topological polar surface area (TPSA) is 79.8 Å². The number of amides is 1. The molecule has 0 bridgehead atoms. The van der Waals surface area contributed by atoms with E-state index in [2.05, 4.69) is 10.6 Å². The number of hydrogen-bond donors (Lipinski definition) is 3. The van der Waals surface area contributed by atoms with Gasteiger partial charge in [0.05, 0.1) is 7.11 Å². The van der Waals surface area contributed by atoms with Crippen LogP contribution in [0.3, 0.4) is 0 Å². The van der Waals surface area contributed by atoms with Crippen LogP contribution in [0.1, 0.15) is 33.3 Å². The van der Waals surface area contributed by atoms with Gasteiger partial charge in [0, 0.05) is 35.8 Å². The van der Waals surface area contributed by atoms with E-state index in [0.29, 0.717) is 29.4 Å². The van der Waals surface area contributed by atoms with Gasteiger partial charge in [-0.1, -0.05) is 11.6 Å². The first-order valence-corrected chi connectivity index (χ1v) is 7.75. The molecule has 0 fully saturated rings. The van der Waals surface area contributed by atoms with Gasteiger partial charge in [0.25, 0.3) is 0 Å². The quantitative estimate of drug-likeness (QED) is 0.739. The van der Waals surface area contributed by atoms with Gasteiger partial charge in [-0.3, -0.25) is 0 Å². The first-order chi connectivity index (χ1) is 10.6. The third-order valence-corrected chi connectivity index (χ3v) is 3.15. The summed E-state index contributed by atoms with van der Waals surface area (Å²) < 4.78 is 10.2. The predicted octanol–water partition coefficient (Wildman–Crippen LogP) is 3.06. The predicted molar refractivity (Wildman–Crippen MR) is 90.2 cm³/mol. The van der Waals surface area contributed by atoms with Crippen molar-refractivity contribution in [2.75, 3.05) is 13.7 Å². The molecule has 6 nitrogen and oxygen atoms in total. The Balaban J connectivity index is 2.49. The van der Waals surface area contributed by atoms with Gasteiger partial charge in [-0.15, -0.1) is 0 Å². The molecule has 0 aromatic heterocycles. The van der Waals surface area contributed by atoms with Crippen LogP contribution >= 0.6 is 11.6 Å². The van der Waals surface area contributed by atoms with E-state index in [4.69, 9.17) is 21.1 Å². The van der Waals surface area contributed by atoms with Gasteiger partial charge in [-0.25, -0.2) is 4.79 Å². The maximum Gasteiger partial charge on any atom is 0.407 e. The zero-order valence-corrected chi connectivity index (χ0v) is 15.0. The minimum Gasteiger partial charge on any atom is -0.504 e. The van der Waals surface area contributed by atoms with Crippen molar-refractivity contribution in [1.29, 1.82) is 0 Å². The molecule has 0 saturated heterocycles. The zero-order chi connectivity index (χ0) is 17.6. The lowest BCUT2D eigenvalue weighted by Gasteiger charge is -2.21. The maximum absolute atomic E-state index is 11.6. The van der Waals surface area contributed by atoms with Crippen molar-refractivity contribution in [2.45, 2.75) is 45.9 Å². The van der Waals surface area contributed by atoms with Gasteiger partial charge in [-0.2, -0.15) is 0 Å². The van der Waals surface area contributed by atoms with E-state index in [0.717, 1.165) is 0 Å². The zero-order valence-electron chi connectivity index (χ0n) is 14.2. The van der Waals surface area contributed by atoms with Gasteiger partial charge < -0.3 is 25.2 Å². The molecule has 23 heavy (non-hydrogen) atoms. The number of nitrogens with one attached hydrogen (secondary N) is 2. The Labute approximate surface area is 142 Å². The molecule has 0 heterocycles.